The Morgan fingerprint density at radius 1 is 1.14 bits per heavy atom. The minimum Gasteiger partial charge on any atom is -0.355 e. The topological polar surface area (TPSA) is 77.5 Å². The average molecular weight is 497 g/mol. The van der Waals surface area contributed by atoms with E-state index in [4.69, 9.17) is 4.98 Å². The van der Waals surface area contributed by atoms with Crippen LogP contribution in [0.3, 0.4) is 0 Å². The van der Waals surface area contributed by atoms with Gasteiger partial charge in [0, 0.05) is 37.5 Å². The summed E-state index contributed by atoms with van der Waals surface area (Å²) in [6.45, 7) is 5.37. The Morgan fingerprint density at radius 2 is 1.94 bits per heavy atom. The van der Waals surface area contributed by atoms with Crippen LogP contribution in [-0.4, -0.2) is 45.0 Å². The summed E-state index contributed by atoms with van der Waals surface area (Å²) >= 11 is 0. The van der Waals surface area contributed by atoms with Crippen molar-refractivity contribution >= 4 is 17.4 Å². The third-order valence-corrected chi connectivity index (χ3v) is 7.11. The maximum absolute atomic E-state index is 13.7. The molecule has 2 saturated heterocycles. The van der Waals surface area contributed by atoms with Crippen molar-refractivity contribution in [3.05, 3.63) is 58.4 Å². The van der Waals surface area contributed by atoms with E-state index >= 15 is 0 Å². The van der Waals surface area contributed by atoms with E-state index in [0.29, 0.717) is 36.4 Å². The van der Waals surface area contributed by atoms with Crippen molar-refractivity contribution in [3.63, 3.8) is 0 Å². The highest BCUT2D eigenvalue weighted by Crippen LogP contribution is 2.37. The van der Waals surface area contributed by atoms with Gasteiger partial charge < -0.3 is 9.80 Å². The molecule has 2 aliphatic rings. The van der Waals surface area contributed by atoms with Crippen LogP contribution in [0.25, 0.3) is 5.65 Å². The zero-order valence-corrected chi connectivity index (χ0v) is 20.2. The number of piperidine rings is 1. The summed E-state index contributed by atoms with van der Waals surface area (Å²) < 4.78 is 42.8. The van der Waals surface area contributed by atoms with Gasteiger partial charge in [-0.05, 0) is 51.7 Å². The molecule has 0 N–H and O–H groups in total. The van der Waals surface area contributed by atoms with Gasteiger partial charge in [0.2, 0.25) is 0 Å². The van der Waals surface area contributed by atoms with Crippen LogP contribution in [0.15, 0.2) is 30.5 Å². The normalized spacial score (nSPS) is 20.7. The molecule has 7 nitrogen and oxygen atoms in total. The van der Waals surface area contributed by atoms with Crippen LogP contribution < -0.4 is 4.90 Å². The second-order valence-corrected chi connectivity index (χ2v) is 9.74. The maximum atomic E-state index is 13.7. The molecule has 0 unspecified atom stereocenters. The van der Waals surface area contributed by atoms with Crippen LogP contribution in [0, 0.1) is 31.1 Å². The van der Waals surface area contributed by atoms with Crippen LogP contribution in [-0.2, 0) is 6.18 Å². The summed E-state index contributed by atoms with van der Waals surface area (Å²) in [4.78, 5) is 21.9. The van der Waals surface area contributed by atoms with Crippen LogP contribution >= 0.6 is 0 Å². The maximum Gasteiger partial charge on any atom is 0.417 e. The van der Waals surface area contributed by atoms with Gasteiger partial charge in [-0.3, -0.25) is 4.79 Å². The lowest BCUT2D eigenvalue weighted by molar-refractivity contribution is -0.138. The Hall–Kier alpha value is -3.61. The predicted octanol–water partition coefficient (Wildman–Crippen LogP) is 5.08. The van der Waals surface area contributed by atoms with Gasteiger partial charge in [0.05, 0.1) is 34.8 Å². The lowest BCUT2D eigenvalue weighted by Crippen LogP contribution is -2.39. The van der Waals surface area contributed by atoms with E-state index in [-0.39, 0.29) is 11.5 Å². The smallest absolute Gasteiger partial charge is 0.355 e. The summed E-state index contributed by atoms with van der Waals surface area (Å²) in [6, 6.07) is 7.38. The van der Waals surface area contributed by atoms with Gasteiger partial charge >= 0.3 is 6.18 Å². The highest BCUT2D eigenvalue weighted by molar-refractivity contribution is 5.96. The molecule has 2 aliphatic heterocycles. The summed E-state index contributed by atoms with van der Waals surface area (Å²) in [6.07, 6.45) is 0.238. The zero-order chi connectivity index (χ0) is 25.6. The molecule has 0 spiro atoms. The first-order chi connectivity index (χ1) is 17.2. The van der Waals surface area contributed by atoms with Crippen molar-refractivity contribution in [2.24, 2.45) is 5.92 Å². The fourth-order valence-corrected chi connectivity index (χ4v) is 5.28. The van der Waals surface area contributed by atoms with Crippen LogP contribution in [0.1, 0.15) is 64.5 Å². The summed E-state index contributed by atoms with van der Waals surface area (Å²) in [5.74, 6) is 0.156. The van der Waals surface area contributed by atoms with Crippen LogP contribution in [0.2, 0.25) is 0 Å². The second kappa shape index (κ2) is 9.12. The monoisotopic (exact) mass is 496 g/mol. The number of rotatable bonds is 3. The molecule has 188 valence electrons. The highest BCUT2D eigenvalue weighted by atomic mass is 19.4. The number of nitrogens with zero attached hydrogens (tertiary/aromatic N) is 6. The number of amides is 1. The van der Waals surface area contributed by atoms with Crippen LogP contribution in [0.5, 0.6) is 0 Å². The number of aromatic nitrogens is 3. The van der Waals surface area contributed by atoms with Gasteiger partial charge in [-0.25, -0.2) is 9.50 Å². The highest BCUT2D eigenvalue weighted by Gasteiger charge is 2.38. The predicted molar refractivity (Wildman–Crippen MR) is 127 cm³/mol. The molecule has 0 bridgehead atoms. The number of hydrogen-bond acceptors (Lipinski definition) is 5. The zero-order valence-electron chi connectivity index (χ0n) is 20.2. The minimum atomic E-state index is -4.62. The quantitative estimate of drug-likeness (QED) is 0.505. The number of aryl methyl sites for hydroxylation is 2. The Kier molecular flexibility index (Phi) is 6.10. The SMILES string of the molecule is Cc1ccc(C(F)(F)F)c(C(=O)N2CCCC[C@H]2c2cc3nc(N4CC[C@H](C#N)C4)c(C)cn3n2)c1. The number of halogens is 3. The van der Waals surface area contributed by atoms with Crippen molar-refractivity contribution in [1.29, 1.82) is 5.26 Å². The molecule has 2 aromatic heterocycles. The Balaban J connectivity index is 1.49. The lowest BCUT2D eigenvalue weighted by atomic mass is 9.96. The Morgan fingerprint density at radius 3 is 2.67 bits per heavy atom. The molecular weight excluding hydrogens is 469 g/mol. The van der Waals surface area contributed by atoms with Gasteiger partial charge in [0.15, 0.2) is 5.65 Å². The molecular formula is C26H27F3N6O. The molecule has 4 heterocycles. The van der Waals surface area contributed by atoms with Crippen molar-refractivity contribution in [1.82, 2.24) is 19.5 Å². The summed E-state index contributed by atoms with van der Waals surface area (Å²) in [7, 11) is 0. The van der Waals surface area contributed by atoms with Crippen molar-refractivity contribution in [2.75, 3.05) is 24.5 Å². The van der Waals surface area contributed by atoms with Gasteiger partial charge in [0.1, 0.15) is 5.82 Å². The standard InChI is InChI=1S/C26H27F3N6O/c1-16-6-7-20(26(27,28)29)19(11-16)25(36)34-9-4-3-5-22(34)21-12-23-31-24(17(2)14-35(23)32-21)33-10-8-18(13-30)15-33/h6-7,11-12,14,18,22H,3-5,8-10,15H2,1-2H3/t18-,22+/m1/s1. The largest absolute Gasteiger partial charge is 0.417 e. The first-order valence-corrected chi connectivity index (χ1v) is 12.2. The number of anilines is 1. The van der Waals surface area contributed by atoms with E-state index in [9.17, 15) is 23.2 Å². The Bertz CT molecular complexity index is 1360. The van der Waals surface area contributed by atoms with Crippen molar-refractivity contribution in [2.45, 2.75) is 51.7 Å². The molecule has 3 aromatic rings. The number of benzene rings is 1. The van der Waals surface area contributed by atoms with Crippen LogP contribution in [0.4, 0.5) is 19.0 Å². The molecule has 2 fully saturated rings. The molecule has 1 amide bonds. The van der Waals surface area contributed by atoms with E-state index in [1.165, 1.54) is 17.0 Å². The van der Waals surface area contributed by atoms with E-state index in [2.05, 4.69) is 16.1 Å². The molecule has 0 radical (unpaired) electrons. The molecule has 0 saturated carbocycles. The van der Waals surface area contributed by atoms with E-state index < -0.39 is 23.7 Å². The average Bonchev–Trinajstić information content (AvgIpc) is 3.49. The van der Waals surface area contributed by atoms with E-state index in [1.54, 1.807) is 11.4 Å². The lowest BCUT2D eigenvalue weighted by Gasteiger charge is -2.35. The van der Waals surface area contributed by atoms with Gasteiger partial charge in [-0.15, -0.1) is 0 Å². The third-order valence-electron chi connectivity index (χ3n) is 7.11. The molecule has 5 rings (SSSR count). The first kappa shape index (κ1) is 24.1. The summed E-state index contributed by atoms with van der Waals surface area (Å²) in [5, 5.41) is 13.9. The fourth-order valence-electron chi connectivity index (χ4n) is 5.28. The number of carbonyl (C=O) groups is 1. The number of hydrogen-bond donors (Lipinski definition) is 0. The first-order valence-electron chi connectivity index (χ1n) is 12.2. The molecule has 1 aromatic carbocycles. The van der Waals surface area contributed by atoms with Gasteiger partial charge in [-0.2, -0.15) is 23.5 Å². The molecule has 36 heavy (non-hydrogen) atoms. The number of nitriles is 1. The second-order valence-electron chi connectivity index (χ2n) is 9.74. The van der Waals surface area contributed by atoms with E-state index in [1.807, 2.05) is 19.2 Å². The van der Waals surface area contributed by atoms with Crippen molar-refractivity contribution in [3.8, 4) is 6.07 Å². The number of fused-ring (bicyclic) bond motifs is 1. The minimum absolute atomic E-state index is 0.0204. The van der Waals surface area contributed by atoms with E-state index in [0.717, 1.165) is 43.3 Å². The number of carbonyl (C=O) groups excluding carboxylic acids is 1. The number of likely N-dealkylation sites (tertiary alicyclic amines) is 1. The molecule has 2 atom stereocenters. The van der Waals surface area contributed by atoms with Gasteiger partial charge in [-0.1, -0.05) is 11.6 Å². The van der Waals surface area contributed by atoms with Gasteiger partial charge in [0.25, 0.3) is 5.91 Å². The Labute approximate surface area is 207 Å². The molecule has 10 heteroatoms. The molecule has 0 aliphatic carbocycles. The summed E-state index contributed by atoms with van der Waals surface area (Å²) in [5.41, 5.74) is 1.50. The fraction of sp³-hybridized carbons (Fsp3) is 0.462. The third kappa shape index (κ3) is 4.38. The van der Waals surface area contributed by atoms with Crippen molar-refractivity contribution < 1.29 is 18.0 Å². The number of alkyl halides is 3.